The van der Waals surface area contributed by atoms with Crippen LogP contribution >= 0.6 is 0 Å². The van der Waals surface area contributed by atoms with Gasteiger partial charge in [0.25, 0.3) is 0 Å². The molecule has 0 aromatic carbocycles. The van der Waals surface area contributed by atoms with Crippen LogP contribution < -0.4 is 0 Å². The second kappa shape index (κ2) is 3.20. The van der Waals surface area contributed by atoms with Crippen molar-refractivity contribution in [1.29, 1.82) is 0 Å². The Morgan fingerprint density at radius 1 is 1.67 bits per heavy atom. The predicted molar refractivity (Wildman–Crippen MR) is 29.1 cm³/mol. The lowest BCUT2D eigenvalue weighted by Gasteiger charge is -1.98. The summed E-state index contributed by atoms with van der Waals surface area (Å²) in [7, 11) is 0. The molecule has 1 atom stereocenters. The van der Waals surface area contributed by atoms with Gasteiger partial charge in [-0.1, -0.05) is 33.6 Å². The lowest BCUT2D eigenvalue weighted by Crippen LogP contribution is -1.86. The van der Waals surface area contributed by atoms with Crippen molar-refractivity contribution in [1.82, 2.24) is 0 Å². The summed E-state index contributed by atoms with van der Waals surface area (Å²) in [5, 5.41) is 0. The first-order chi connectivity index (χ1) is 2.81. The average Bonchev–Trinajstić information content (AvgIpc) is 1.65. The van der Waals surface area contributed by atoms with E-state index >= 15 is 0 Å². The maximum absolute atomic E-state index is 3.81. The molecule has 0 heteroatoms. The van der Waals surface area contributed by atoms with Crippen molar-refractivity contribution in [3.05, 3.63) is 13.8 Å². The molecule has 0 spiro atoms. The molecule has 0 aliphatic carbocycles. The van der Waals surface area contributed by atoms with Crippen LogP contribution in [-0.4, -0.2) is 0 Å². The van der Waals surface area contributed by atoms with Crippen LogP contribution in [0.25, 0.3) is 0 Å². The van der Waals surface area contributed by atoms with E-state index in [4.69, 9.17) is 0 Å². The fourth-order valence-corrected chi connectivity index (χ4v) is 0.204. The largest absolute Gasteiger partial charge is 0.0651 e. The Morgan fingerprint density at radius 2 is 2.17 bits per heavy atom. The molecule has 0 aromatic heterocycles. The van der Waals surface area contributed by atoms with Crippen molar-refractivity contribution in [2.45, 2.75) is 19.8 Å². The van der Waals surface area contributed by atoms with Crippen LogP contribution in [0.4, 0.5) is 0 Å². The number of hydrogen-bond acceptors (Lipinski definition) is 0. The highest BCUT2D eigenvalue weighted by atomic mass is 13.9. The van der Waals surface area contributed by atoms with Gasteiger partial charge in [-0.2, -0.15) is 0 Å². The maximum atomic E-state index is 3.81. The first-order valence-electron chi connectivity index (χ1n) is 2.43. The summed E-state index contributed by atoms with van der Waals surface area (Å²) in [6.07, 6.45) is 2.12. The fraction of sp³-hybridized carbons (Fsp3) is 0.667. The van der Waals surface area contributed by atoms with Gasteiger partial charge in [-0.3, -0.25) is 0 Å². The summed E-state index contributed by atoms with van der Waals surface area (Å²) >= 11 is 0. The van der Waals surface area contributed by atoms with Gasteiger partial charge < -0.3 is 0 Å². The standard InChI is InChI=1S/C6H12/c1-4-6(3)5-2/h6H,1,3-5H2,2H3. The first-order valence-corrected chi connectivity index (χ1v) is 2.43. The van der Waals surface area contributed by atoms with Gasteiger partial charge in [0.05, 0.1) is 0 Å². The van der Waals surface area contributed by atoms with Crippen molar-refractivity contribution in [3.8, 4) is 0 Å². The SMILES string of the molecule is [CH2]CC([CH2])CC. The van der Waals surface area contributed by atoms with Crippen molar-refractivity contribution in [3.63, 3.8) is 0 Å². The number of hydrogen-bond donors (Lipinski definition) is 0. The highest BCUT2D eigenvalue weighted by Gasteiger charge is 1.89. The first kappa shape index (κ1) is 6.00. The molecule has 0 N–H and O–H groups in total. The third kappa shape index (κ3) is 2.25. The second-order valence-electron chi connectivity index (χ2n) is 1.56. The summed E-state index contributed by atoms with van der Waals surface area (Å²) in [6, 6.07) is 0. The zero-order chi connectivity index (χ0) is 4.99. The van der Waals surface area contributed by atoms with Crippen LogP contribution in [0.15, 0.2) is 0 Å². The summed E-state index contributed by atoms with van der Waals surface area (Å²) in [5.41, 5.74) is 0. The molecule has 0 rings (SSSR count). The minimum Gasteiger partial charge on any atom is -0.0651 e. The molecule has 0 amide bonds. The molecule has 0 fully saturated rings. The van der Waals surface area contributed by atoms with Gasteiger partial charge in [0.2, 0.25) is 0 Å². The van der Waals surface area contributed by atoms with Gasteiger partial charge in [0.1, 0.15) is 0 Å². The lowest BCUT2D eigenvalue weighted by atomic mass is 10.1. The van der Waals surface area contributed by atoms with Gasteiger partial charge in [-0.25, -0.2) is 0 Å². The van der Waals surface area contributed by atoms with Crippen molar-refractivity contribution < 1.29 is 0 Å². The highest BCUT2D eigenvalue weighted by Crippen LogP contribution is 2.01. The van der Waals surface area contributed by atoms with Crippen molar-refractivity contribution in [2.75, 3.05) is 0 Å². The number of rotatable bonds is 2. The van der Waals surface area contributed by atoms with Crippen LogP contribution in [0.2, 0.25) is 0 Å². The van der Waals surface area contributed by atoms with E-state index in [0.29, 0.717) is 5.92 Å². The van der Waals surface area contributed by atoms with E-state index in [1.165, 1.54) is 0 Å². The Kier molecular flexibility index (Phi) is 3.20. The van der Waals surface area contributed by atoms with Crippen molar-refractivity contribution >= 4 is 0 Å². The summed E-state index contributed by atoms with van der Waals surface area (Å²) in [4.78, 5) is 0. The van der Waals surface area contributed by atoms with E-state index in [9.17, 15) is 0 Å². The predicted octanol–water partition coefficient (Wildman–Crippen LogP) is 2.07. The fourth-order valence-electron chi connectivity index (χ4n) is 0.204. The average molecular weight is 84.2 g/mol. The van der Waals surface area contributed by atoms with Crippen LogP contribution in [-0.2, 0) is 0 Å². The molecule has 0 saturated heterocycles. The zero-order valence-corrected chi connectivity index (χ0v) is 4.41. The molecule has 2 radical (unpaired) electrons. The molecule has 0 saturated carbocycles. The molecule has 0 heterocycles. The normalized spacial score (nSPS) is 10.0. The summed E-state index contributed by atoms with van der Waals surface area (Å²) in [6.45, 7) is 9.63. The van der Waals surface area contributed by atoms with E-state index in [-0.39, 0.29) is 0 Å². The Balaban J connectivity index is 2.75. The van der Waals surface area contributed by atoms with Gasteiger partial charge in [-0.05, 0) is 5.92 Å². The molecule has 0 aliphatic rings. The topological polar surface area (TPSA) is 0 Å². The Morgan fingerprint density at radius 3 is 2.17 bits per heavy atom. The Bertz CT molecular complexity index is 19.2. The lowest BCUT2D eigenvalue weighted by molar-refractivity contribution is 0.632. The third-order valence-corrected chi connectivity index (χ3v) is 0.986. The Hall–Kier alpha value is 0. The second-order valence-corrected chi connectivity index (χ2v) is 1.56. The van der Waals surface area contributed by atoms with E-state index in [0.717, 1.165) is 12.8 Å². The highest BCUT2D eigenvalue weighted by molar-refractivity contribution is 4.58. The van der Waals surface area contributed by atoms with E-state index in [2.05, 4.69) is 20.8 Å². The molecule has 0 aliphatic heterocycles. The van der Waals surface area contributed by atoms with Gasteiger partial charge in [0.15, 0.2) is 0 Å². The van der Waals surface area contributed by atoms with Crippen LogP contribution in [0.5, 0.6) is 0 Å². The monoisotopic (exact) mass is 84.1 g/mol. The van der Waals surface area contributed by atoms with E-state index < -0.39 is 0 Å². The van der Waals surface area contributed by atoms with Crippen LogP contribution in [0, 0.1) is 19.8 Å². The maximum Gasteiger partial charge on any atom is -0.0417 e. The van der Waals surface area contributed by atoms with Crippen molar-refractivity contribution in [2.24, 2.45) is 5.92 Å². The minimum atomic E-state index is 0.574. The van der Waals surface area contributed by atoms with Crippen LogP contribution in [0.1, 0.15) is 19.8 Å². The smallest absolute Gasteiger partial charge is 0.0417 e. The van der Waals surface area contributed by atoms with Crippen LogP contribution in [0.3, 0.4) is 0 Å². The molecule has 0 bridgehead atoms. The molecular weight excluding hydrogens is 72.1 g/mol. The van der Waals surface area contributed by atoms with Gasteiger partial charge in [-0.15, -0.1) is 0 Å². The molecule has 36 valence electrons. The molecule has 1 unspecified atom stereocenters. The third-order valence-electron chi connectivity index (χ3n) is 0.986. The minimum absolute atomic E-state index is 0.574. The molecule has 0 aromatic rings. The Labute approximate surface area is 40.6 Å². The molecular formula is C6H12. The summed E-state index contributed by atoms with van der Waals surface area (Å²) in [5.74, 6) is 0.574. The van der Waals surface area contributed by atoms with Gasteiger partial charge >= 0.3 is 0 Å². The summed E-state index contributed by atoms with van der Waals surface area (Å²) < 4.78 is 0. The molecule has 0 nitrogen and oxygen atoms in total. The molecule has 6 heavy (non-hydrogen) atoms. The quantitative estimate of drug-likeness (QED) is 0.480. The zero-order valence-electron chi connectivity index (χ0n) is 4.41. The van der Waals surface area contributed by atoms with Gasteiger partial charge in [0, 0.05) is 0 Å². The van der Waals surface area contributed by atoms with E-state index in [1.807, 2.05) is 0 Å². The van der Waals surface area contributed by atoms with E-state index in [1.54, 1.807) is 0 Å².